The molecule has 0 radical (unpaired) electrons. The predicted molar refractivity (Wildman–Crippen MR) is 120 cm³/mol. The van der Waals surface area contributed by atoms with Crippen LogP contribution in [0, 0.1) is 0 Å². The Bertz CT molecular complexity index is 1110. The predicted octanol–water partition coefficient (Wildman–Crippen LogP) is 2.78. The molecule has 1 atom stereocenters. The largest absolute Gasteiger partial charge is 0.309 e. The summed E-state index contributed by atoms with van der Waals surface area (Å²) in [6, 6.07) is 13.0. The molecule has 0 unspecified atom stereocenters. The SMILES string of the molecule is Cn1c(Cc2cccs2)nnc1SCC(=O)N(c1ccccc1)[C@H]1CCS(=O)(=O)C1. The van der Waals surface area contributed by atoms with Crippen molar-refractivity contribution < 1.29 is 13.2 Å². The van der Waals surface area contributed by atoms with Crippen LogP contribution in [0.2, 0.25) is 0 Å². The van der Waals surface area contributed by atoms with Gasteiger partial charge in [-0.15, -0.1) is 21.5 Å². The van der Waals surface area contributed by atoms with Crippen LogP contribution in [-0.4, -0.2) is 52.4 Å². The first-order valence-corrected chi connectivity index (χ1v) is 13.2. The number of carbonyl (C=O) groups excluding carboxylic acids is 1. The van der Waals surface area contributed by atoms with Gasteiger partial charge in [-0.2, -0.15) is 0 Å². The molecule has 158 valence electrons. The van der Waals surface area contributed by atoms with Gasteiger partial charge in [0.05, 0.1) is 23.3 Å². The van der Waals surface area contributed by atoms with E-state index in [1.807, 2.05) is 53.4 Å². The number of thiophene rings is 1. The van der Waals surface area contributed by atoms with Crippen LogP contribution >= 0.6 is 23.1 Å². The summed E-state index contributed by atoms with van der Waals surface area (Å²) >= 11 is 2.99. The maximum absolute atomic E-state index is 13.1. The van der Waals surface area contributed by atoms with Gasteiger partial charge in [-0.05, 0) is 30.0 Å². The maximum Gasteiger partial charge on any atom is 0.237 e. The normalized spacial score (nSPS) is 17.8. The molecule has 7 nitrogen and oxygen atoms in total. The van der Waals surface area contributed by atoms with Crippen LogP contribution in [0.5, 0.6) is 0 Å². The van der Waals surface area contributed by atoms with Crippen LogP contribution in [0.25, 0.3) is 0 Å². The van der Waals surface area contributed by atoms with Crippen molar-refractivity contribution in [1.82, 2.24) is 14.8 Å². The molecular formula is C20H22N4O3S3. The van der Waals surface area contributed by atoms with Gasteiger partial charge >= 0.3 is 0 Å². The van der Waals surface area contributed by atoms with E-state index in [2.05, 4.69) is 16.3 Å². The number of benzene rings is 1. The molecule has 10 heteroatoms. The highest BCUT2D eigenvalue weighted by Gasteiger charge is 2.35. The molecule has 4 rings (SSSR count). The summed E-state index contributed by atoms with van der Waals surface area (Å²) in [7, 11) is -1.21. The molecule has 1 fully saturated rings. The van der Waals surface area contributed by atoms with E-state index in [9.17, 15) is 13.2 Å². The highest BCUT2D eigenvalue weighted by Crippen LogP contribution is 2.27. The minimum atomic E-state index is -3.10. The first-order valence-electron chi connectivity index (χ1n) is 9.54. The van der Waals surface area contributed by atoms with E-state index in [0.29, 0.717) is 18.0 Å². The Morgan fingerprint density at radius 1 is 1.23 bits per heavy atom. The quantitative estimate of drug-likeness (QED) is 0.502. The van der Waals surface area contributed by atoms with Crippen molar-refractivity contribution in [2.75, 3.05) is 22.2 Å². The summed E-state index contributed by atoms with van der Waals surface area (Å²) in [4.78, 5) is 16.0. The lowest BCUT2D eigenvalue weighted by Crippen LogP contribution is -2.42. The Balaban J connectivity index is 1.47. The topological polar surface area (TPSA) is 85.2 Å². The van der Waals surface area contributed by atoms with Gasteiger partial charge in [0.2, 0.25) is 5.91 Å². The average molecular weight is 463 g/mol. The lowest BCUT2D eigenvalue weighted by Gasteiger charge is -2.28. The van der Waals surface area contributed by atoms with E-state index >= 15 is 0 Å². The first kappa shape index (κ1) is 21.1. The molecule has 0 N–H and O–H groups in total. The zero-order valence-electron chi connectivity index (χ0n) is 16.5. The highest BCUT2D eigenvalue weighted by atomic mass is 32.2. The van der Waals surface area contributed by atoms with Crippen LogP contribution < -0.4 is 4.90 Å². The molecule has 3 aromatic rings. The van der Waals surface area contributed by atoms with Gasteiger partial charge < -0.3 is 9.47 Å². The average Bonchev–Trinajstić information content (AvgIpc) is 3.44. The van der Waals surface area contributed by atoms with Gasteiger partial charge in [0.25, 0.3) is 0 Å². The van der Waals surface area contributed by atoms with Crippen LogP contribution in [0.15, 0.2) is 53.0 Å². The Morgan fingerprint density at radius 2 is 2.03 bits per heavy atom. The summed E-state index contributed by atoms with van der Waals surface area (Å²) in [5.41, 5.74) is 0.724. The second-order valence-corrected chi connectivity index (χ2v) is 11.4. The van der Waals surface area contributed by atoms with Crippen LogP contribution in [0.4, 0.5) is 5.69 Å². The van der Waals surface area contributed by atoms with Gasteiger partial charge in [0, 0.05) is 24.0 Å². The zero-order chi connectivity index (χ0) is 21.1. The number of thioether (sulfide) groups is 1. The fourth-order valence-electron chi connectivity index (χ4n) is 3.52. The molecule has 1 amide bonds. The summed E-state index contributed by atoms with van der Waals surface area (Å²) in [5.74, 6) is 1.01. The number of rotatable bonds is 7. The number of amides is 1. The number of aromatic nitrogens is 3. The van der Waals surface area contributed by atoms with Gasteiger partial charge in [0.1, 0.15) is 5.82 Å². The second-order valence-electron chi connectivity index (χ2n) is 7.16. The fourth-order valence-corrected chi connectivity index (χ4v) is 6.71. The van der Waals surface area contributed by atoms with Crippen molar-refractivity contribution in [2.24, 2.45) is 7.05 Å². The number of nitrogens with zero attached hydrogens (tertiary/aromatic N) is 4. The van der Waals surface area contributed by atoms with Gasteiger partial charge in [-0.25, -0.2) is 8.42 Å². The molecule has 30 heavy (non-hydrogen) atoms. The van der Waals surface area contributed by atoms with Crippen LogP contribution in [-0.2, 0) is 28.1 Å². The lowest BCUT2D eigenvalue weighted by molar-refractivity contribution is -0.116. The molecule has 1 aliphatic heterocycles. The van der Waals surface area contributed by atoms with Crippen molar-refractivity contribution in [3.05, 3.63) is 58.5 Å². The van der Waals surface area contributed by atoms with Gasteiger partial charge in [-0.1, -0.05) is 36.0 Å². The summed E-state index contributed by atoms with van der Waals surface area (Å²) in [5, 5.41) is 11.2. The molecule has 1 aliphatic rings. The van der Waals surface area contributed by atoms with E-state index < -0.39 is 9.84 Å². The minimum absolute atomic E-state index is 0.00717. The Hall–Kier alpha value is -2.17. The fraction of sp³-hybridized carbons (Fsp3) is 0.350. The van der Waals surface area contributed by atoms with E-state index in [1.165, 1.54) is 16.6 Å². The number of carbonyl (C=O) groups is 1. The monoisotopic (exact) mass is 462 g/mol. The molecular weight excluding hydrogens is 440 g/mol. The van der Waals surface area contributed by atoms with Gasteiger partial charge in [-0.3, -0.25) is 4.79 Å². The third-order valence-corrected chi connectivity index (χ3v) is 8.67. The molecule has 0 aliphatic carbocycles. The van der Waals surface area contributed by atoms with Crippen molar-refractivity contribution in [2.45, 2.75) is 24.0 Å². The van der Waals surface area contributed by atoms with Crippen LogP contribution in [0.1, 0.15) is 17.1 Å². The van der Waals surface area contributed by atoms with Crippen LogP contribution in [0.3, 0.4) is 0 Å². The molecule has 0 spiro atoms. The van der Waals surface area contributed by atoms with Crippen molar-refractivity contribution in [3.63, 3.8) is 0 Å². The summed E-state index contributed by atoms with van der Waals surface area (Å²) < 4.78 is 25.9. The van der Waals surface area contributed by atoms with E-state index in [0.717, 1.165) is 11.5 Å². The molecule has 3 heterocycles. The number of para-hydroxylation sites is 1. The molecule has 1 saturated heterocycles. The smallest absolute Gasteiger partial charge is 0.237 e. The van der Waals surface area contributed by atoms with E-state index in [4.69, 9.17) is 0 Å². The number of anilines is 1. The highest BCUT2D eigenvalue weighted by molar-refractivity contribution is 7.99. The van der Waals surface area contributed by atoms with Crippen molar-refractivity contribution in [3.8, 4) is 0 Å². The molecule has 0 saturated carbocycles. The Morgan fingerprint density at radius 3 is 2.70 bits per heavy atom. The van der Waals surface area contributed by atoms with E-state index in [-0.39, 0.29) is 29.2 Å². The third-order valence-electron chi connectivity index (χ3n) is 5.04. The van der Waals surface area contributed by atoms with E-state index in [1.54, 1.807) is 16.2 Å². The zero-order valence-corrected chi connectivity index (χ0v) is 18.9. The lowest BCUT2D eigenvalue weighted by atomic mass is 10.2. The standard InChI is InChI=1S/C20H22N4O3S3/c1-23-18(12-17-8-5-10-28-17)21-22-20(23)29-13-19(25)24(15-6-3-2-4-7-15)16-9-11-30(26,27)14-16/h2-8,10,16H,9,11-14H2,1H3/t16-/m0/s1. The Kier molecular flexibility index (Phi) is 6.26. The number of hydrogen-bond donors (Lipinski definition) is 0. The maximum atomic E-state index is 13.1. The van der Waals surface area contributed by atoms with Gasteiger partial charge in [0.15, 0.2) is 15.0 Å². The minimum Gasteiger partial charge on any atom is -0.309 e. The number of hydrogen-bond acceptors (Lipinski definition) is 7. The van der Waals surface area contributed by atoms with Crippen molar-refractivity contribution in [1.29, 1.82) is 0 Å². The van der Waals surface area contributed by atoms with Crippen molar-refractivity contribution >= 4 is 44.5 Å². The molecule has 0 bridgehead atoms. The first-order chi connectivity index (χ1) is 14.4. The summed E-state index contributed by atoms with van der Waals surface area (Å²) in [6.45, 7) is 0. The second kappa shape index (κ2) is 8.91. The number of sulfone groups is 1. The third kappa shape index (κ3) is 4.76. The Labute approximate surface area is 184 Å². The molecule has 2 aromatic heterocycles. The molecule has 1 aromatic carbocycles. The summed E-state index contributed by atoms with van der Waals surface area (Å²) in [6.07, 6.45) is 1.16.